The van der Waals surface area contributed by atoms with Crippen LogP contribution in [0.2, 0.25) is 0 Å². The van der Waals surface area contributed by atoms with Crippen LogP contribution in [0.1, 0.15) is 41.7 Å². The van der Waals surface area contributed by atoms with Crippen LogP contribution in [-0.2, 0) is 18.4 Å². The molecule has 2 aromatic heterocycles. The number of benzene rings is 1. The second-order valence-electron chi connectivity index (χ2n) is 10.4. The highest BCUT2D eigenvalue weighted by atomic mass is 32.1. The van der Waals surface area contributed by atoms with Crippen LogP contribution in [0, 0.1) is 16.7 Å². The average Bonchev–Trinajstić information content (AvgIpc) is 3.13. The summed E-state index contributed by atoms with van der Waals surface area (Å²) in [7, 11) is 0. The average molecular weight is 498 g/mol. The lowest BCUT2D eigenvalue weighted by Crippen LogP contribution is -2.31. The van der Waals surface area contributed by atoms with Crippen molar-refractivity contribution in [1.82, 2.24) is 14.9 Å². The van der Waals surface area contributed by atoms with Crippen molar-refractivity contribution in [3.63, 3.8) is 0 Å². The van der Waals surface area contributed by atoms with Gasteiger partial charge in [0.05, 0.1) is 23.3 Å². The Hall–Kier alpha value is -2.70. The highest BCUT2D eigenvalue weighted by molar-refractivity contribution is 7.18. The molecule has 0 bridgehead atoms. The predicted molar refractivity (Wildman–Crippen MR) is 129 cm³/mol. The number of likely N-dealkylation sites (tertiary alicyclic amines) is 1. The molecule has 3 fully saturated rings. The first-order valence-electron chi connectivity index (χ1n) is 12.0. The van der Waals surface area contributed by atoms with Gasteiger partial charge < -0.3 is 4.90 Å². The molecule has 1 saturated carbocycles. The Bertz CT molecular complexity index is 1290. The molecule has 9 heteroatoms. The fraction of sp³-hybridized carbons (Fsp3) is 0.500. The third-order valence-corrected chi connectivity index (χ3v) is 8.91. The quantitative estimate of drug-likeness (QED) is 0.469. The molecule has 1 spiro atoms. The second kappa shape index (κ2) is 8.17. The van der Waals surface area contributed by atoms with Gasteiger partial charge in [0.15, 0.2) is 0 Å². The predicted octanol–water partition coefficient (Wildman–Crippen LogP) is 5.45. The van der Waals surface area contributed by atoms with E-state index in [2.05, 4.69) is 50.1 Å². The molecule has 2 aliphatic heterocycles. The Morgan fingerprint density at radius 3 is 2.51 bits per heavy atom. The number of halogens is 3. The van der Waals surface area contributed by atoms with Gasteiger partial charge in [0.2, 0.25) is 0 Å². The molecule has 0 radical (unpaired) electrons. The number of fused-ring (bicyclic) bond motifs is 1. The molecule has 1 unspecified atom stereocenters. The van der Waals surface area contributed by atoms with Crippen molar-refractivity contribution in [2.75, 3.05) is 31.1 Å². The molecule has 182 valence electrons. The summed E-state index contributed by atoms with van der Waals surface area (Å²) in [6.07, 6.45) is 0.399. The van der Waals surface area contributed by atoms with Gasteiger partial charge >= 0.3 is 6.18 Å². The van der Waals surface area contributed by atoms with Crippen molar-refractivity contribution >= 4 is 27.4 Å². The van der Waals surface area contributed by atoms with Crippen LogP contribution in [0.3, 0.4) is 0 Å². The van der Waals surface area contributed by atoms with Gasteiger partial charge in [-0.05, 0) is 49.4 Å². The summed E-state index contributed by atoms with van der Waals surface area (Å²) in [4.78, 5) is 14.4. The van der Waals surface area contributed by atoms with Crippen molar-refractivity contribution < 1.29 is 13.2 Å². The van der Waals surface area contributed by atoms with Crippen molar-refractivity contribution in [3.05, 3.63) is 52.7 Å². The van der Waals surface area contributed by atoms with Gasteiger partial charge in [-0.1, -0.05) is 24.3 Å². The molecule has 0 N–H and O–H groups in total. The summed E-state index contributed by atoms with van der Waals surface area (Å²) in [6, 6.07) is 12.6. The number of nitriles is 1. The van der Waals surface area contributed by atoms with Gasteiger partial charge in [-0.3, -0.25) is 4.90 Å². The van der Waals surface area contributed by atoms with E-state index in [-0.39, 0.29) is 15.7 Å². The Morgan fingerprint density at radius 2 is 1.80 bits per heavy atom. The molecule has 2 saturated heterocycles. The Labute approximate surface area is 206 Å². The molecule has 35 heavy (non-hydrogen) atoms. The van der Waals surface area contributed by atoms with E-state index in [1.54, 1.807) is 6.07 Å². The maximum atomic E-state index is 12.9. The van der Waals surface area contributed by atoms with Crippen LogP contribution < -0.4 is 4.90 Å². The molecule has 4 heterocycles. The SMILES string of the molecule is N#CC1(c2ccc(CN3CCC4(CCN(c5ncnc6sc(CC(F)(F)F)cc56)C4)C3)cc2)CC1. The number of nitrogens with zero attached hydrogens (tertiary/aromatic N) is 5. The van der Waals surface area contributed by atoms with Crippen molar-refractivity contribution in [1.29, 1.82) is 5.26 Å². The molecule has 0 amide bonds. The highest BCUT2D eigenvalue weighted by Crippen LogP contribution is 2.47. The molecule has 6 rings (SSSR count). The van der Waals surface area contributed by atoms with Gasteiger partial charge in [0.25, 0.3) is 0 Å². The minimum atomic E-state index is -4.23. The third kappa shape index (κ3) is 4.38. The van der Waals surface area contributed by atoms with E-state index >= 15 is 0 Å². The first-order chi connectivity index (χ1) is 16.8. The van der Waals surface area contributed by atoms with E-state index in [1.165, 1.54) is 11.9 Å². The lowest BCUT2D eigenvalue weighted by Gasteiger charge is -2.25. The molecule has 1 aromatic carbocycles. The van der Waals surface area contributed by atoms with Crippen molar-refractivity contribution in [2.24, 2.45) is 5.41 Å². The third-order valence-electron chi connectivity index (χ3n) is 7.87. The summed E-state index contributed by atoms with van der Waals surface area (Å²) in [6.45, 7) is 4.65. The van der Waals surface area contributed by atoms with E-state index in [1.807, 2.05) is 0 Å². The number of hydrogen-bond donors (Lipinski definition) is 0. The number of hydrogen-bond acceptors (Lipinski definition) is 6. The number of alkyl halides is 3. The minimum Gasteiger partial charge on any atom is -0.355 e. The zero-order valence-electron chi connectivity index (χ0n) is 19.3. The van der Waals surface area contributed by atoms with E-state index in [9.17, 15) is 18.4 Å². The smallest absolute Gasteiger partial charge is 0.355 e. The largest absolute Gasteiger partial charge is 0.393 e. The zero-order chi connectivity index (χ0) is 24.3. The first-order valence-corrected chi connectivity index (χ1v) is 12.9. The molecule has 3 aromatic rings. The molecule has 1 atom stereocenters. The number of aromatic nitrogens is 2. The van der Waals surface area contributed by atoms with Crippen LogP contribution in [0.4, 0.5) is 19.0 Å². The maximum absolute atomic E-state index is 12.9. The topological polar surface area (TPSA) is 56.1 Å². The van der Waals surface area contributed by atoms with E-state index in [0.29, 0.717) is 4.83 Å². The van der Waals surface area contributed by atoms with E-state index < -0.39 is 12.6 Å². The first kappa shape index (κ1) is 22.7. The second-order valence-corrected chi connectivity index (χ2v) is 11.6. The summed E-state index contributed by atoms with van der Waals surface area (Å²) in [5, 5.41) is 10.2. The van der Waals surface area contributed by atoms with Crippen molar-refractivity contribution in [3.8, 4) is 6.07 Å². The van der Waals surface area contributed by atoms with Crippen LogP contribution in [0.25, 0.3) is 10.2 Å². The van der Waals surface area contributed by atoms with Gasteiger partial charge in [-0.2, -0.15) is 18.4 Å². The van der Waals surface area contributed by atoms with Crippen LogP contribution in [0.5, 0.6) is 0 Å². The summed E-state index contributed by atoms with van der Waals surface area (Å²) < 4.78 is 38.7. The highest BCUT2D eigenvalue weighted by Gasteiger charge is 2.45. The normalized spacial score (nSPS) is 23.9. The van der Waals surface area contributed by atoms with Gasteiger partial charge in [-0.25, -0.2) is 9.97 Å². The Kier molecular flexibility index (Phi) is 5.31. The molecular formula is C26H26F3N5S. The maximum Gasteiger partial charge on any atom is 0.393 e. The standard InChI is InChI=1S/C26H26F3N5S/c27-26(28,29)12-20-11-21-22(31-17-32-23(21)35-20)34-10-8-24(16-34)7-9-33(15-24)13-18-1-3-19(4-2-18)25(14-30)5-6-25/h1-4,11,17H,5-10,12-13,15-16H2. The van der Waals surface area contributed by atoms with Crippen LogP contribution in [-0.4, -0.2) is 47.2 Å². The summed E-state index contributed by atoms with van der Waals surface area (Å²) in [5.41, 5.74) is 2.34. The molecular weight excluding hydrogens is 471 g/mol. The van der Waals surface area contributed by atoms with Gasteiger partial charge in [0.1, 0.15) is 17.0 Å². The monoisotopic (exact) mass is 497 g/mol. The Morgan fingerprint density at radius 1 is 1.03 bits per heavy atom. The van der Waals surface area contributed by atoms with Crippen LogP contribution in [0.15, 0.2) is 36.7 Å². The summed E-state index contributed by atoms with van der Waals surface area (Å²) in [5.74, 6) is 0.761. The lowest BCUT2D eigenvalue weighted by molar-refractivity contribution is -0.126. The zero-order valence-corrected chi connectivity index (χ0v) is 20.1. The number of thiophene rings is 1. The van der Waals surface area contributed by atoms with Crippen LogP contribution >= 0.6 is 11.3 Å². The number of anilines is 1. The van der Waals surface area contributed by atoms with Crippen molar-refractivity contribution in [2.45, 2.75) is 50.2 Å². The van der Waals surface area contributed by atoms with E-state index in [0.717, 1.165) is 86.5 Å². The number of rotatable bonds is 5. The fourth-order valence-corrected chi connectivity index (χ4v) is 6.84. The Balaban J connectivity index is 1.13. The molecule has 1 aliphatic carbocycles. The fourth-order valence-electron chi connectivity index (χ4n) is 5.82. The molecule has 3 aliphatic rings. The molecule has 5 nitrogen and oxygen atoms in total. The minimum absolute atomic E-state index is 0.181. The lowest BCUT2D eigenvalue weighted by atomic mass is 9.86. The van der Waals surface area contributed by atoms with E-state index in [4.69, 9.17) is 0 Å². The van der Waals surface area contributed by atoms with Gasteiger partial charge in [0, 0.05) is 36.5 Å². The summed E-state index contributed by atoms with van der Waals surface area (Å²) >= 11 is 1.11. The van der Waals surface area contributed by atoms with Gasteiger partial charge in [-0.15, -0.1) is 11.3 Å².